The third kappa shape index (κ3) is 0.775. The predicted octanol–water partition coefficient (Wildman–Crippen LogP) is 1.09. The number of amides is 1. The Morgan fingerprint density at radius 3 is 3.14 bits per heavy atom. The molecule has 2 heterocycles. The maximum absolute atomic E-state index is 11.6. The van der Waals surface area contributed by atoms with Gasteiger partial charge in [-0.2, -0.15) is 0 Å². The zero-order chi connectivity index (χ0) is 9.71. The number of nitrogens with zero attached hydrogens (tertiary/aromatic N) is 1. The average Bonchev–Trinajstić information content (AvgIpc) is 2.47. The van der Waals surface area contributed by atoms with Crippen LogP contribution >= 0.6 is 0 Å². The van der Waals surface area contributed by atoms with E-state index < -0.39 is 6.10 Å². The minimum Gasteiger partial charge on any atom is -0.378 e. The summed E-state index contributed by atoms with van der Waals surface area (Å²) >= 11 is 0. The first-order chi connectivity index (χ1) is 6.79. The molecule has 0 fully saturated rings. The average molecular weight is 187 g/mol. The molecule has 0 radical (unpaired) electrons. The van der Waals surface area contributed by atoms with Crippen LogP contribution < -0.4 is 4.90 Å². The Bertz CT molecular complexity index is 451. The topological polar surface area (TPSA) is 40.5 Å². The lowest BCUT2D eigenvalue weighted by molar-refractivity contribution is -0.125. The molecule has 0 saturated heterocycles. The molecule has 1 unspecified atom stereocenters. The summed E-state index contributed by atoms with van der Waals surface area (Å²) in [6, 6.07) is 5.62. The van der Waals surface area contributed by atoms with Crippen molar-refractivity contribution in [2.75, 3.05) is 11.4 Å². The van der Waals surface area contributed by atoms with E-state index in [4.69, 9.17) is 0 Å². The van der Waals surface area contributed by atoms with E-state index in [-0.39, 0.29) is 5.91 Å². The highest BCUT2D eigenvalue weighted by Crippen LogP contribution is 2.40. The summed E-state index contributed by atoms with van der Waals surface area (Å²) in [5.41, 5.74) is 2.63. The SMILES string of the molecule is O=C1C(O)c2cccc3c2N1CC=C3. The van der Waals surface area contributed by atoms with Crippen molar-refractivity contribution in [1.82, 2.24) is 0 Å². The first-order valence-corrected chi connectivity index (χ1v) is 4.58. The zero-order valence-corrected chi connectivity index (χ0v) is 7.47. The summed E-state index contributed by atoms with van der Waals surface area (Å²) in [6.45, 7) is 0.569. The van der Waals surface area contributed by atoms with Gasteiger partial charge in [-0.3, -0.25) is 4.79 Å². The van der Waals surface area contributed by atoms with Crippen LogP contribution in [0.5, 0.6) is 0 Å². The standard InChI is InChI=1S/C11H9NO2/c13-10-8-5-1-3-7-4-2-6-12(9(7)8)11(10)14/h1-5,10,13H,6H2. The highest BCUT2D eigenvalue weighted by atomic mass is 16.3. The third-order valence-electron chi connectivity index (χ3n) is 2.75. The van der Waals surface area contributed by atoms with Crippen molar-refractivity contribution in [3.63, 3.8) is 0 Å². The van der Waals surface area contributed by atoms with Gasteiger partial charge in [-0.1, -0.05) is 30.4 Å². The molecule has 0 spiro atoms. The summed E-state index contributed by atoms with van der Waals surface area (Å²) in [4.78, 5) is 13.3. The highest BCUT2D eigenvalue weighted by Gasteiger charge is 2.37. The quantitative estimate of drug-likeness (QED) is 0.660. The number of rotatable bonds is 0. The van der Waals surface area contributed by atoms with Crippen LogP contribution in [0.2, 0.25) is 0 Å². The van der Waals surface area contributed by atoms with Gasteiger partial charge in [-0.15, -0.1) is 0 Å². The van der Waals surface area contributed by atoms with Crippen LogP contribution in [0.3, 0.4) is 0 Å². The van der Waals surface area contributed by atoms with Gasteiger partial charge in [0.05, 0.1) is 5.69 Å². The zero-order valence-electron chi connectivity index (χ0n) is 7.47. The van der Waals surface area contributed by atoms with Crippen molar-refractivity contribution in [3.05, 3.63) is 35.4 Å². The molecule has 1 aromatic rings. The lowest BCUT2D eigenvalue weighted by Crippen LogP contribution is -2.30. The number of para-hydroxylation sites is 1. The van der Waals surface area contributed by atoms with Gasteiger partial charge in [0.15, 0.2) is 6.10 Å². The van der Waals surface area contributed by atoms with Crippen molar-refractivity contribution in [1.29, 1.82) is 0 Å². The first kappa shape index (κ1) is 7.76. The molecule has 1 atom stereocenters. The molecule has 1 aromatic carbocycles. The molecule has 3 nitrogen and oxygen atoms in total. The molecule has 1 amide bonds. The predicted molar refractivity (Wildman–Crippen MR) is 52.8 cm³/mol. The van der Waals surface area contributed by atoms with Crippen LogP contribution in [0.15, 0.2) is 24.3 Å². The summed E-state index contributed by atoms with van der Waals surface area (Å²) in [5.74, 6) is -0.211. The van der Waals surface area contributed by atoms with Gasteiger partial charge in [-0.05, 0) is 5.56 Å². The Labute approximate surface area is 81.3 Å². The summed E-state index contributed by atoms with van der Waals surface area (Å²) in [7, 11) is 0. The lowest BCUT2D eigenvalue weighted by Gasteiger charge is -2.20. The molecule has 14 heavy (non-hydrogen) atoms. The number of carbonyl (C=O) groups is 1. The molecule has 3 rings (SSSR count). The number of aliphatic hydroxyl groups is 1. The molecule has 2 aliphatic heterocycles. The van der Waals surface area contributed by atoms with Gasteiger partial charge in [0.2, 0.25) is 0 Å². The van der Waals surface area contributed by atoms with Crippen LogP contribution in [0.4, 0.5) is 5.69 Å². The second kappa shape index (κ2) is 2.45. The first-order valence-electron chi connectivity index (χ1n) is 4.58. The normalized spacial score (nSPS) is 22.8. The van der Waals surface area contributed by atoms with E-state index in [0.717, 1.165) is 16.8 Å². The summed E-state index contributed by atoms with van der Waals surface area (Å²) < 4.78 is 0. The van der Waals surface area contributed by atoms with E-state index in [1.165, 1.54) is 0 Å². The Balaban J connectivity index is 2.32. The van der Waals surface area contributed by atoms with Crippen LogP contribution in [0, 0.1) is 0 Å². The fourth-order valence-electron chi connectivity index (χ4n) is 2.10. The monoisotopic (exact) mass is 187 g/mol. The van der Waals surface area contributed by atoms with Crippen molar-refractivity contribution < 1.29 is 9.90 Å². The summed E-state index contributed by atoms with van der Waals surface area (Å²) in [6.07, 6.45) is 2.95. The van der Waals surface area contributed by atoms with Crippen molar-refractivity contribution in [3.8, 4) is 0 Å². The minimum absolute atomic E-state index is 0.211. The molecular formula is C11H9NO2. The Kier molecular flexibility index (Phi) is 1.36. The van der Waals surface area contributed by atoms with Crippen LogP contribution in [-0.2, 0) is 4.79 Å². The van der Waals surface area contributed by atoms with Crippen LogP contribution in [0.1, 0.15) is 17.2 Å². The second-order valence-corrected chi connectivity index (χ2v) is 3.54. The molecule has 0 aromatic heterocycles. The Hall–Kier alpha value is -1.61. The Morgan fingerprint density at radius 1 is 1.43 bits per heavy atom. The third-order valence-corrected chi connectivity index (χ3v) is 2.75. The van der Waals surface area contributed by atoms with E-state index in [9.17, 15) is 9.90 Å². The van der Waals surface area contributed by atoms with Gasteiger partial charge < -0.3 is 10.0 Å². The van der Waals surface area contributed by atoms with Crippen LogP contribution in [-0.4, -0.2) is 17.6 Å². The molecule has 3 heteroatoms. The smallest absolute Gasteiger partial charge is 0.260 e. The van der Waals surface area contributed by atoms with E-state index in [1.54, 1.807) is 11.0 Å². The molecular weight excluding hydrogens is 178 g/mol. The van der Waals surface area contributed by atoms with Crippen molar-refractivity contribution in [2.45, 2.75) is 6.10 Å². The number of aliphatic hydroxyl groups excluding tert-OH is 1. The van der Waals surface area contributed by atoms with Gasteiger partial charge in [0.1, 0.15) is 0 Å². The maximum Gasteiger partial charge on any atom is 0.260 e. The molecule has 0 bridgehead atoms. The van der Waals surface area contributed by atoms with E-state index in [2.05, 4.69) is 0 Å². The lowest BCUT2D eigenvalue weighted by atomic mass is 10.0. The number of anilines is 1. The van der Waals surface area contributed by atoms with Gasteiger partial charge in [-0.25, -0.2) is 0 Å². The fraction of sp³-hybridized carbons (Fsp3) is 0.182. The second-order valence-electron chi connectivity index (χ2n) is 3.54. The molecule has 2 aliphatic rings. The Morgan fingerprint density at radius 2 is 2.29 bits per heavy atom. The molecule has 0 aliphatic carbocycles. The van der Waals surface area contributed by atoms with Crippen LogP contribution in [0.25, 0.3) is 6.08 Å². The van der Waals surface area contributed by atoms with Gasteiger partial charge >= 0.3 is 0 Å². The van der Waals surface area contributed by atoms with E-state index in [1.807, 2.05) is 24.3 Å². The molecule has 70 valence electrons. The van der Waals surface area contributed by atoms with Gasteiger partial charge in [0.25, 0.3) is 5.91 Å². The van der Waals surface area contributed by atoms with E-state index >= 15 is 0 Å². The van der Waals surface area contributed by atoms with Crippen molar-refractivity contribution in [2.24, 2.45) is 0 Å². The van der Waals surface area contributed by atoms with Crippen molar-refractivity contribution >= 4 is 17.7 Å². The molecule has 0 saturated carbocycles. The largest absolute Gasteiger partial charge is 0.378 e. The summed E-state index contributed by atoms with van der Waals surface area (Å²) in [5, 5.41) is 9.68. The fourth-order valence-corrected chi connectivity index (χ4v) is 2.10. The molecule has 1 N–H and O–H groups in total. The van der Waals surface area contributed by atoms with Gasteiger partial charge in [0, 0.05) is 12.1 Å². The number of hydrogen-bond donors (Lipinski definition) is 1. The number of benzene rings is 1. The highest BCUT2D eigenvalue weighted by molar-refractivity contribution is 6.06. The number of hydrogen-bond acceptors (Lipinski definition) is 2. The van der Waals surface area contributed by atoms with E-state index in [0.29, 0.717) is 6.54 Å². The minimum atomic E-state index is -0.968. The number of carbonyl (C=O) groups excluding carboxylic acids is 1. The maximum atomic E-state index is 11.6.